The number of carbonyl (C=O) groups excluding carboxylic acids is 1. The molecule has 0 N–H and O–H groups in total. The molecule has 0 aromatic carbocycles. The minimum absolute atomic E-state index is 0.426. The largest absolute Gasteiger partial charge is 0.440 e. The lowest BCUT2D eigenvalue weighted by molar-refractivity contribution is -0.155. The predicted octanol–water partition coefficient (Wildman–Crippen LogP) is 1.96. The highest BCUT2D eigenvalue weighted by molar-refractivity contribution is 5.97. The van der Waals surface area contributed by atoms with Gasteiger partial charge in [0.2, 0.25) is 5.60 Å². The fourth-order valence-corrected chi connectivity index (χ4v) is 2.44. The molecule has 0 bridgehead atoms. The summed E-state index contributed by atoms with van der Waals surface area (Å²) >= 11 is 0. The molecular formula is C15H13NO3. The van der Waals surface area contributed by atoms with Crippen LogP contribution in [0.1, 0.15) is 12.8 Å². The van der Waals surface area contributed by atoms with Gasteiger partial charge in [0, 0.05) is 12.8 Å². The Morgan fingerprint density at radius 1 is 1.32 bits per heavy atom. The summed E-state index contributed by atoms with van der Waals surface area (Å²) in [5.74, 6) is -0.426. The van der Waals surface area contributed by atoms with Gasteiger partial charge in [0.15, 0.2) is 0 Å². The quantitative estimate of drug-likeness (QED) is 0.708. The zero-order chi connectivity index (χ0) is 13.3. The predicted molar refractivity (Wildman–Crippen MR) is 67.9 cm³/mol. The Balaban J connectivity index is 1.81. The second-order valence-electron chi connectivity index (χ2n) is 4.75. The molecule has 0 amide bonds. The Hall–Kier alpha value is -2.12. The van der Waals surface area contributed by atoms with Crippen LogP contribution in [0.5, 0.6) is 0 Å². The molecule has 0 spiro atoms. The molecule has 3 aliphatic rings. The van der Waals surface area contributed by atoms with Crippen molar-refractivity contribution in [1.29, 1.82) is 5.26 Å². The first kappa shape index (κ1) is 11.9. The number of hydrogen-bond acceptors (Lipinski definition) is 4. The summed E-state index contributed by atoms with van der Waals surface area (Å²) in [7, 11) is 0. The Labute approximate surface area is 111 Å². The highest BCUT2D eigenvalue weighted by Crippen LogP contribution is 2.32. The fraction of sp³-hybridized carbons (Fsp3) is 0.333. The van der Waals surface area contributed by atoms with Crippen molar-refractivity contribution in [3.8, 4) is 6.07 Å². The third-order valence-corrected chi connectivity index (χ3v) is 3.58. The van der Waals surface area contributed by atoms with E-state index in [0.717, 1.165) is 11.1 Å². The molecule has 1 saturated heterocycles. The molecule has 3 rings (SSSR count). The highest BCUT2D eigenvalue weighted by Gasteiger charge is 2.38. The SMILES string of the molecule is N#CC1(OC(=O)C2=C3C=CC=C3C=C2)CCOCC1. The average Bonchev–Trinajstić information content (AvgIpc) is 3.02. The summed E-state index contributed by atoms with van der Waals surface area (Å²) in [6.45, 7) is 0.904. The molecule has 1 aliphatic heterocycles. The van der Waals surface area contributed by atoms with Gasteiger partial charge in [-0.2, -0.15) is 5.26 Å². The van der Waals surface area contributed by atoms with Crippen molar-refractivity contribution >= 4 is 5.97 Å². The molecule has 2 aliphatic carbocycles. The number of rotatable bonds is 2. The second-order valence-corrected chi connectivity index (χ2v) is 4.75. The maximum atomic E-state index is 12.2. The Bertz CT molecular complexity index is 581. The van der Waals surface area contributed by atoms with Crippen LogP contribution in [0.3, 0.4) is 0 Å². The van der Waals surface area contributed by atoms with Crippen LogP contribution in [-0.4, -0.2) is 24.8 Å². The number of carbonyl (C=O) groups is 1. The first-order valence-corrected chi connectivity index (χ1v) is 6.28. The monoisotopic (exact) mass is 255 g/mol. The standard InChI is InChI=1S/C15H13NO3/c16-10-15(6-8-18-9-7-15)19-14(17)13-5-4-11-2-1-3-12(11)13/h1-5H,6-9H2. The van der Waals surface area contributed by atoms with Crippen molar-refractivity contribution in [3.63, 3.8) is 0 Å². The van der Waals surface area contributed by atoms with E-state index in [4.69, 9.17) is 9.47 Å². The normalized spacial score (nSPS) is 23.0. The van der Waals surface area contributed by atoms with Gasteiger partial charge in [-0.3, -0.25) is 0 Å². The van der Waals surface area contributed by atoms with Gasteiger partial charge in [0.1, 0.15) is 6.07 Å². The zero-order valence-corrected chi connectivity index (χ0v) is 10.4. The van der Waals surface area contributed by atoms with E-state index in [-0.39, 0.29) is 0 Å². The minimum Gasteiger partial charge on any atom is -0.440 e. The van der Waals surface area contributed by atoms with E-state index in [9.17, 15) is 10.1 Å². The molecule has 96 valence electrons. The number of hydrogen-bond donors (Lipinski definition) is 0. The summed E-state index contributed by atoms with van der Waals surface area (Å²) in [4.78, 5) is 12.2. The van der Waals surface area contributed by atoms with Crippen molar-refractivity contribution in [2.75, 3.05) is 13.2 Å². The van der Waals surface area contributed by atoms with Crippen molar-refractivity contribution in [2.45, 2.75) is 18.4 Å². The molecule has 0 radical (unpaired) electrons. The topological polar surface area (TPSA) is 59.3 Å². The summed E-state index contributed by atoms with van der Waals surface area (Å²) < 4.78 is 10.7. The number of nitrogens with zero attached hydrogens (tertiary/aromatic N) is 1. The number of esters is 1. The lowest BCUT2D eigenvalue weighted by Crippen LogP contribution is -2.39. The Morgan fingerprint density at radius 2 is 2.11 bits per heavy atom. The maximum absolute atomic E-state index is 12.2. The average molecular weight is 255 g/mol. The molecule has 0 aromatic rings. The molecule has 4 heteroatoms. The molecule has 0 aromatic heterocycles. The van der Waals surface area contributed by atoms with E-state index < -0.39 is 11.6 Å². The first-order valence-electron chi connectivity index (χ1n) is 6.28. The fourth-order valence-electron chi connectivity index (χ4n) is 2.44. The van der Waals surface area contributed by atoms with Gasteiger partial charge >= 0.3 is 5.97 Å². The summed E-state index contributed by atoms with van der Waals surface area (Å²) in [5.41, 5.74) is 1.39. The second kappa shape index (κ2) is 4.52. The smallest absolute Gasteiger partial charge is 0.340 e. The van der Waals surface area contributed by atoms with Crippen LogP contribution < -0.4 is 0 Å². The van der Waals surface area contributed by atoms with E-state index >= 15 is 0 Å². The molecule has 0 saturated carbocycles. The molecule has 4 nitrogen and oxygen atoms in total. The van der Waals surface area contributed by atoms with Crippen LogP contribution in [0.15, 0.2) is 47.1 Å². The van der Waals surface area contributed by atoms with Crippen LogP contribution in [0.25, 0.3) is 0 Å². The summed E-state index contributed by atoms with van der Waals surface area (Å²) in [5, 5.41) is 9.28. The van der Waals surface area contributed by atoms with Gasteiger partial charge in [0.05, 0.1) is 18.8 Å². The molecule has 19 heavy (non-hydrogen) atoms. The van der Waals surface area contributed by atoms with Crippen molar-refractivity contribution < 1.29 is 14.3 Å². The van der Waals surface area contributed by atoms with Crippen LogP contribution in [0, 0.1) is 11.3 Å². The molecule has 1 heterocycles. The minimum atomic E-state index is -1.04. The lowest BCUT2D eigenvalue weighted by atomic mass is 9.96. The van der Waals surface area contributed by atoms with Crippen molar-refractivity contribution in [2.24, 2.45) is 0 Å². The molecule has 0 atom stereocenters. The van der Waals surface area contributed by atoms with Crippen molar-refractivity contribution in [3.05, 3.63) is 47.1 Å². The third kappa shape index (κ3) is 2.02. The van der Waals surface area contributed by atoms with Crippen LogP contribution in [-0.2, 0) is 14.3 Å². The van der Waals surface area contributed by atoms with Gasteiger partial charge in [0.25, 0.3) is 0 Å². The van der Waals surface area contributed by atoms with Crippen LogP contribution in [0.4, 0.5) is 0 Å². The number of fused-ring (bicyclic) bond motifs is 1. The summed E-state index contributed by atoms with van der Waals surface area (Å²) in [6, 6.07) is 2.13. The lowest BCUT2D eigenvalue weighted by Gasteiger charge is -2.30. The van der Waals surface area contributed by atoms with Gasteiger partial charge in [-0.15, -0.1) is 0 Å². The van der Waals surface area contributed by atoms with Gasteiger partial charge in [-0.1, -0.05) is 24.3 Å². The van der Waals surface area contributed by atoms with Gasteiger partial charge in [-0.25, -0.2) is 4.79 Å². The Morgan fingerprint density at radius 3 is 2.84 bits per heavy atom. The van der Waals surface area contributed by atoms with E-state index in [1.165, 1.54) is 0 Å². The maximum Gasteiger partial charge on any atom is 0.340 e. The number of ether oxygens (including phenoxy) is 2. The highest BCUT2D eigenvalue weighted by atomic mass is 16.6. The number of nitriles is 1. The molecule has 1 fully saturated rings. The van der Waals surface area contributed by atoms with Crippen molar-refractivity contribution in [1.82, 2.24) is 0 Å². The van der Waals surface area contributed by atoms with E-state index in [1.807, 2.05) is 24.3 Å². The zero-order valence-electron chi connectivity index (χ0n) is 10.4. The van der Waals surface area contributed by atoms with E-state index in [2.05, 4.69) is 6.07 Å². The van der Waals surface area contributed by atoms with Crippen LogP contribution in [0.2, 0.25) is 0 Å². The van der Waals surface area contributed by atoms with E-state index in [0.29, 0.717) is 31.6 Å². The van der Waals surface area contributed by atoms with E-state index in [1.54, 1.807) is 6.08 Å². The van der Waals surface area contributed by atoms with Gasteiger partial charge in [-0.05, 0) is 17.2 Å². The Kier molecular flexibility index (Phi) is 2.84. The molecule has 0 unspecified atom stereocenters. The number of allylic oxidation sites excluding steroid dienone is 6. The van der Waals surface area contributed by atoms with Gasteiger partial charge < -0.3 is 9.47 Å². The third-order valence-electron chi connectivity index (χ3n) is 3.58. The first-order chi connectivity index (χ1) is 9.24. The molecular weight excluding hydrogens is 242 g/mol. The summed E-state index contributed by atoms with van der Waals surface area (Å²) in [6.07, 6.45) is 10.2. The van der Waals surface area contributed by atoms with Crippen LogP contribution >= 0.6 is 0 Å².